The fourth-order valence-electron chi connectivity index (χ4n) is 1.89. The van der Waals surface area contributed by atoms with Gasteiger partial charge in [-0.2, -0.15) is 0 Å². The van der Waals surface area contributed by atoms with Gasteiger partial charge in [0.05, 0.1) is 16.0 Å². The minimum absolute atomic E-state index is 0.131. The minimum atomic E-state index is -0.396. The number of nitrogens with one attached hydrogen (secondary N) is 1. The molecule has 0 aliphatic heterocycles. The molecule has 0 bridgehead atoms. The van der Waals surface area contributed by atoms with Gasteiger partial charge in [-0.15, -0.1) is 11.3 Å². The SMILES string of the molecule is O=C(CSc1nc2cc(Cl)ccc2s1)NC(=O)c1ccccc1. The molecule has 0 aliphatic carbocycles. The van der Waals surface area contributed by atoms with Gasteiger partial charge < -0.3 is 0 Å². The number of hydrogen-bond donors (Lipinski definition) is 1. The molecule has 3 aromatic rings. The number of rotatable bonds is 4. The number of carbonyl (C=O) groups excluding carboxylic acids is 2. The second-order valence-corrected chi connectivity index (χ2v) is 7.31. The molecule has 7 heteroatoms. The third-order valence-electron chi connectivity index (χ3n) is 2.95. The Hall–Kier alpha value is -1.89. The molecule has 1 aromatic heterocycles. The van der Waals surface area contributed by atoms with Crippen LogP contribution in [0.25, 0.3) is 10.2 Å². The van der Waals surface area contributed by atoms with Crippen LogP contribution in [-0.2, 0) is 4.79 Å². The molecule has 4 nitrogen and oxygen atoms in total. The maximum absolute atomic E-state index is 11.9. The van der Waals surface area contributed by atoms with Gasteiger partial charge >= 0.3 is 0 Å². The monoisotopic (exact) mass is 362 g/mol. The second-order valence-electron chi connectivity index (χ2n) is 4.62. The van der Waals surface area contributed by atoms with E-state index in [4.69, 9.17) is 11.6 Å². The standard InChI is InChI=1S/C16H11ClN2O2S2/c17-11-6-7-13-12(8-11)18-16(23-13)22-9-14(20)19-15(21)10-4-2-1-3-5-10/h1-8H,9H2,(H,19,20,21). The predicted molar refractivity (Wildman–Crippen MR) is 94.3 cm³/mol. The number of carbonyl (C=O) groups is 2. The van der Waals surface area contributed by atoms with E-state index in [9.17, 15) is 9.59 Å². The fourth-order valence-corrected chi connectivity index (χ4v) is 3.91. The molecule has 0 fully saturated rings. The molecule has 0 unspecified atom stereocenters. The first-order valence-electron chi connectivity index (χ1n) is 6.70. The topological polar surface area (TPSA) is 59.1 Å². The zero-order valence-electron chi connectivity index (χ0n) is 11.8. The highest BCUT2D eigenvalue weighted by atomic mass is 35.5. The smallest absolute Gasteiger partial charge is 0.257 e. The molecule has 2 aromatic carbocycles. The van der Waals surface area contributed by atoms with Crippen molar-refractivity contribution in [3.8, 4) is 0 Å². The Morgan fingerprint density at radius 3 is 2.74 bits per heavy atom. The van der Waals surface area contributed by atoms with Crippen molar-refractivity contribution in [2.45, 2.75) is 4.34 Å². The summed E-state index contributed by atoms with van der Waals surface area (Å²) in [5.74, 6) is -0.611. The number of aromatic nitrogens is 1. The highest BCUT2D eigenvalue weighted by Crippen LogP contribution is 2.30. The van der Waals surface area contributed by atoms with Crippen molar-refractivity contribution in [1.82, 2.24) is 10.3 Å². The predicted octanol–water partition coefficient (Wildman–Crippen LogP) is 4.00. The number of nitrogens with zero attached hydrogens (tertiary/aromatic N) is 1. The first-order valence-corrected chi connectivity index (χ1v) is 8.88. The third kappa shape index (κ3) is 4.10. The highest BCUT2D eigenvalue weighted by molar-refractivity contribution is 8.01. The normalized spacial score (nSPS) is 10.7. The molecule has 2 amide bonds. The minimum Gasteiger partial charge on any atom is -0.292 e. The zero-order valence-corrected chi connectivity index (χ0v) is 14.2. The van der Waals surface area contributed by atoms with Crippen molar-refractivity contribution in [2.24, 2.45) is 0 Å². The Bertz CT molecular complexity index is 865. The fraction of sp³-hybridized carbons (Fsp3) is 0.0625. The average molecular weight is 363 g/mol. The average Bonchev–Trinajstić information content (AvgIpc) is 2.95. The van der Waals surface area contributed by atoms with Gasteiger partial charge in [-0.05, 0) is 30.3 Å². The number of fused-ring (bicyclic) bond motifs is 1. The van der Waals surface area contributed by atoms with Crippen molar-refractivity contribution >= 4 is 56.7 Å². The largest absolute Gasteiger partial charge is 0.292 e. The van der Waals surface area contributed by atoms with Crippen LogP contribution in [0.15, 0.2) is 52.9 Å². The number of benzene rings is 2. The molecule has 3 rings (SSSR count). The van der Waals surface area contributed by atoms with Gasteiger partial charge in [-0.1, -0.05) is 41.6 Å². The number of imide groups is 1. The lowest BCUT2D eigenvalue weighted by Gasteiger charge is -2.02. The van der Waals surface area contributed by atoms with Crippen LogP contribution < -0.4 is 5.32 Å². The molecule has 1 N–H and O–H groups in total. The summed E-state index contributed by atoms with van der Waals surface area (Å²) in [6, 6.07) is 14.1. The number of thioether (sulfide) groups is 1. The van der Waals surface area contributed by atoms with Crippen molar-refractivity contribution in [3.63, 3.8) is 0 Å². The van der Waals surface area contributed by atoms with Crippen LogP contribution >= 0.6 is 34.7 Å². The zero-order chi connectivity index (χ0) is 16.2. The van der Waals surface area contributed by atoms with Crippen LogP contribution in [0.2, 0.25) is 5.02 Å². The Morgan fingerprint density at radius 1 is 1.17 bits per heavy atom. The lowest BCUT2D eigenvalue weighted by atomic mass is 10.2. The van der Waals surface area contributed by atoms with Gasteiger partial charge in [-0.25, -0.2) is 4.98 Å². The van der Waals surface area contributed by atoms with E-state index in [1.165, 1.54) is 23.1 Å². The Balaban J connectivity index is 1.58. The van der Waals surface area contributed by atoms with Gasteiger partial charge in [0.1, 0.15) is 0 Å². The van der Waals surface area contributed by atoms with Crippen molar-refractivity contribution in [1.29, 1.82) is 0 Å². The molecule has 0 aliphatic rings. The summed E-state index contributed by atoms with van der Waals surface area (Å²) in [5.41, 5.74) is 1.27. The first-order chi connectivity index (χ1) is 11.1. The molecule has 1 heterocycles. The summed E-state index contributed by atoms with van der Waals surface area (Å²) in [6.45, 7) is 0. The van der Waals surface area contributed by atoms with Crippen LogP contribution in [0.3, 0.4) is 0 Å². The number of amides is 2. The van der Waals surface area contributed by atoms with Crippen molar-refractivity contribution in [2.75, 3.05) is 5.75 Å². The van der Waals surface area contributed by atoms with Crippen LogP contribution in [0, 0.1) is 0 Å². The quantitative estimate of drug-likeness (QED) is 0.713. The van der Waals surface area contributed by atoms with E-state index in [0.717, 1.165) is 14.6 Å². The molecule has 0 atom stereocenters. The lowest BCUT2D eigenvalue weighted by Crippen LogP contribution is -2.31. The molecule has 116 valence electrons. The van der Waals surface area contributed by atoms with E-state index < -0.39 is 5.91 Å². The van der Waals surface area contributed by atoms with Gasteiger partial charge in [0.2, 0.25) is 5.91 Å². The first kappa shape index (κ1) is 16.0. The maximum Gasteiger partial charge on any atom is 0.257 e. The molecule has 23 heavy (non-hydrogen) atoms. The second kappa shape index (κ2) is 7.12. The Labute approximate surface area is 145 Å². The van der Waals surface area contributed by atoms with Crippen LogP contribution in [0.1, 0.15) is 10.4 Å². The third-order valence-corrected chi connectivity index (χ3v) is 5.36. The summed E-state index contributed by atoms with van der Waals surface area (Å²) in [4.78, 5) is 28.2. The summed E-state index contributed by atoms with van der Waals surface area (Å²) in [7, 11) is 0. The molecule has 0 spiro atoms. The van der Waals surface area contributed by atoms with E-state index in [2.05, 4.69) is 10.3 Å². The van der Waals surface area contributed by atoms with Crippen molar-refractivity contribution in [3.05, 3.63) is 59.1 Å². The summed E-state index contributed by atoms with van der Waals surface area (Å²) in [5, 5.41) is 3.00. The highest BCUT2D eigenvalue weighted by Gasteiger charge is 2.12. The van der Waals surface area contributed by atoms with Crippen LogP contribution in [0.4, 0.5) is 0 Å². The Kier molecular flexibility index (Phi) is 4.95. The van der Waals surface area contributed by atoms with Gasteiger partial charge in [0, 0.05) is 10.6 Å². The summed E-state index contributed by atoms with van der Waals surface area (Å²) < 4.78 is 1.78. The van der Waals surface area contributed by atoms with Crippen LogP contribution in [-0.4, -0.2) is 22.6 Å². The van der Waals surface area contributed by atoms with E-state index in [0.29, 0.717) is 10.6 Å². The van der Waals surface area contributed by atoms with Gasteiger partial charge in [0.15, 0.2) is 4.34 Å². The van der Waals surface area contributed by atoms with Gasteiger partial charge in [-0.3, -0.25) is 14.9 Å². The van der Waals surface area contributed by atoms with E-state index in [1.54, 1.807) is 30.3 Å². The number of thiazole rings is 1. The van der Waals surface area contributed by atoms with Gasteiger partial charge in [0.25, 0.3) is 5.91 Å². The maximum atomic E-state index is 11.9. The molecule has 0 radical (unpaired) electrons. The van der Waals surface area contributed by atoms with Crippen molar-refractivity contribution < 1.29 is 9.59 Å². The number of halogens is 1. The number of hydrogen-bond acceptors (Lipinski definition) is 5. The molecule has 0 saturated carbocycles. The van der Waals surface area contributed by atoms with E-state index in [1.807, 2.05) is 18.2 Å². The molecular formula is C16H11ClN2O2S2. The van der Waals surface area contributed by atoms with E-state index in [-0.39, 0.29) is 11.7 Å². The lowest BCUT2D eigenvalue weighted by molar-refractivity contribution is -0.117. The molecular weight excluding hydrogens is 352 g/mol. The summed E-state index contributed by atoms with van der Waals surface area (Å²) in [6.07, 6.45) is 0. The van der Waals surface area contributed by atoms with E-state index >= 15 is 0 Å². The Morgan fingerprint density at radius 2 is 1.96 bits per heavy atom. The molecule has 0 saturated heterocycles. The summed E-state index contributed by atoms with van der Waals surface area (Å²) >= 11 is 8.72. The van der Waals surface area contributed by atoms with Crippen LogP contribution in [0.5, 0.6) is 0 Å².